The van der Waals surface area contributed by atoms with Crippen molar-refractivity contribution in [1.82, 2.24) is 0 Å². The molecule has 2 rings (SSSR count). The number of carbonyl (C=O) groups excluding carboxylic acids is 1. The molecule has 1 atom stereocenters. The van der Waals surface area contributed by atoms with Gasteiger partial charge in [-0.25, -0.2) is 8.42 Å². The monoisotopic (exact) mass is 431 g/mol. The maximum absolute atomic E-state index is 12.3. The van der Waals surface area contributed by atoms with E-state index in [4.69, 9.17) is 10.5 Å². The summed E-state index contributed by atoms with van der Waals surface area (Å²) in [7, 11) is -3.58. The average molecular weight is 431 g/mol. The number of hydrogen-bond donors (Lipinski definition) is 1. The van der Waals surface area contributed by atoms with Crippen molar-refractivity contribution in [2.24, 2.45) is 5.73 Å². The number of ether oxygens (including phenoxy) is 2. The molecule has 2 N–H and O–H groups in total. The van der Waals surface area contributed by atoms with Crippen molar-refractivity contribution in [3.8, 4) is 11.5 Å². The Morgan fingerprint density at radius 2 is 1.72 bits per heavy atom. The number of primary amides is 1. The fraction of sp³-hybridized carbons (Fsp3) is 0.316. The Labute approximate surface area is 166 Å². The highest BCUT2D eigenvalue weighted by Crippen LogP contribution is 2.24. The number of rotatable bonds is 9. The van der Waals surface area contributed by atoms with E-state index in [1.807, 2.05) is 0 Å². The minimum absolute atomic E-state index is 0.0340. The van der Waals surface area contributed by atoms with Gasteiger partial charge in [-0.1, -0.05) is 24.3 Å². The van der Waals surface area contributed by atoms with Crippen LogP contribution in [0.4, 0.5) is 13.2 Å². The number of halogens is 3. The lowest BCUT2D eigenvalue weighted by molar-refractivity contribution is -0.274. The van der Waals surface area contributed by atoms with Gasteiger partial charge in [-0.05, 0) is 48.2 Å². The molecule has 0 aliphatic heterocycles. The van der Waals surface area contributed by atoms with Gasteiger partial charge < -0.3 is 15.2 Å². The molecular weight excluding hydrogens is 411 g/mol. The fourth-order valence-corrected chi connectivity index (χ4v) is 3.58. The number of benzene rings is 2. The number of aryl methyl sites for hydroxylation is 1. The zero-order valence-corrected chi connectivity index (χ0v) is 16.3. The summed E-state index contributed by atoms with van der Waals surface area (Å²) in [5.41, 5.74) is 6.42. The second-order valence-electron chi connectivity index (χ2n) is 6.39. The Hall–Kier alpha value is -2.75. The van der Waals surface area contributed by atoms with Gasteiger partial charge in [-0.15, -0.1) is 13.2 Å². The molecule has 0 aliphatic rings. The Balaban J connectivity index is 1.93. The van der Waals surface area contributed by atoms with Crippen LogP contribution in [0.15, 0.2) is 48.5 Å². The molecule has 1 unspecified atom stereocenters. The molecule has 0 radical (unpaired) electrons. The van der Waals surface area contributed by atoms with Crippen molar-refractivity contribution in [1.29, 1.82) is 0 Å². The minimum atomic E-state index is -4.76. The standard InChI is InChI=1S/C19H20F3NO5S/c1-29(25,26)17(18(23)24)10-7-13-5-8-15(9-6-13)27-12-14-3-2-4-16(11-14)28-19(20,21)22/h2-6,8-9,11,17H,7,10,12H2,1H3,(H2,23,24). The number of nitrogens with two attached hydrogens (primary N) is 1. The van der Waals surface area contributed by atoms with E-state index in [0.29, 0.717) is 17.7 Å². The molecule has 0 spiro atoms. The van der Waals surface area contributed by atoms with Gasteiger partial charge in [0.2, 0.25) is 5.91 Å². The third kappa shape index (κ3) is 7.65. The molecule has 0 fully saturated rings. The molecular formula is C19H20F3NO5S. The first-order valence-corrected chi connectivity index (χ1v) is 10.4. The van der Waals surface area contributed by atoms with Gasteiger partial charge in [-0.2, -0.15) is 0 Å². The van der Waals surface area contributed by atoms with Gasteiger partial charge in [0.15, 0.2) is 9.84 Å². The summed E-state index contributed by atoms with van der Waals surface area (Å²) < 4.78 is 69.4. The highest BCUT2D eigenvalue weighted by molar-refractivity contribution is 7.92. The van der Waals surface area contributed by atoms with E-state index in [1.54, 1.807) is 30.3 Å². The Kier molecular flexibility index (Phi) is 7.12. The average Bonchev–Trinajstić information content (AvgIpc) is 2.58. The SMILES string of the molecule is CS(=O)(=O)C(CCc1ccc(OCc2cccc(OC(F)(F)F)c2)cc1)C(N)=O. The largest absolute Gasteiger partial charge is 0.573 e. The maximum atomic E-state index is 12.3. The van der Waals surface area contributed by atoms with Crippen molar-refractivity contribution in [3.63, 3.8) is 0 Å². The van der Waals surface area contributed by atoms with E-state index in [-0.39, 0.29) is 18.8 Å². The molecule has 158 valence electrons. The molecule has 0 saturated heterocycles. The van der Waals surface area contributed by atoms with Crippen LogP contribution in [0, 0.1) is 0 Å². The first-order valence-electron chi connectivity index (χ1n) is 8.48. The van der Waals surface area contributed by atoms with Gasteiger partial charge in [-0.3, -0.25) is 4.79 Å². The fourth-order valence-electron chi connectivity index (χ4n) is 2.62. The van der Waals surface area contributed by atoms with Crippen LogP contribution in [0.1, 0.15) is 17.5 Å². The van der Waals surface area contributed by atoms with Gasteiger partial charge >= 0.3 is 6.36 Å². The van der Waals surface area contributed by atoms with Crippen molar-refractivity contribution < 1.29 is 35.9 Å². The van der Waals surface area contributed by atoms with Crippen LogP contribution in [0.3, 0.4) is 0 Å². The molecule has 10 heteroatoms. The summed E-state index contributed by atoms with van der Waals surface area (Å²) in [6.45, 7) is 0.0340. The van der Waals surface area contributed by atoms with Crippen LogP contribution < -0.4 is 15.2 Å². The predicted molar refractivity (Wildman–Crippen MR) is 100 cm³/mol. The molecule has 0 bridgehead atoms. The van der Waals surface area contributed by atoms with E-state index in [1.165, 1.54) is 18.2 Å². The molecule has 6 nitrogen and oxygen atoms in total. The van der Waals surface area contributed by atoms with Crippen LogP contribution in [0.2, 0.25) is 0 Å². The summed E-state index contributed by atoms with van der Waals surface area (Å²) >= 11 is 0. The molecule has 29 heavy (non-hydrogen) atoms. The molecule has 0 aromatic heterocycles. The van der Waals surface area contributed by atoms with E-state index in [2.05, 4.69) is 4.74 Å². The lowest BCUT2D eigenvalue weighted by atomic mass is 10.1. The van der Waals surface area contributed by atoms with E-state index in [9.17, 15) is 26.4 Å². The van der Waals surface area contributed by atoms with Crippen molar-refractivity contribution in [2.45, 2.75) is 31.1 Å². The van der Waals surface area contributed by atoms with Crippen molar-refractivity contribution in [2.75, 3.05) is 6.26 Å². The third-order valence-corrected chi connectivity index (χ3v) is 5.49. The molecule has 0 aliphatic carbocycles. The summed E-state index contributed by atoms with van der Waals surface area (Å²) in [6.07, 6.45) is -3.40. The molecule has 1 amide bonds. The number of carbonyl (C=O) groups is 1. The van der Waals surface area contributed by atoms with Crippen LogP contribution in [0.5, 0.6) is 11.5 Å². The summed E-state index contributed by atoms with van der Waals surface area (Å²) in [5, 5.41) is -1.25. The number of amides is 1. The summed E-state index contributed by atoms with van der Waals surface area (Å²) in [4.78, 5) is 11.3. The second-order valence-corrected chi connectivity index (χ2v) is 8.62. The van der Waals surface area contributed by atoms with E-state index in [0.717, 1.165) is 11.8 Å². The van der Waals surface area contributed by atoms with Crippen LogP contribution in [-0.4, -0.2) is 32.2 Å². The topological polar surface area (TPSA) is 95.7 Å². The second kappa shape index (κ2) is 9.17. The molecule has 2 aromatic carbocycles. The van der Waals surface area contributed by atoms with Crippen LogP contribution >= 0.6 is 0 Å². The number of hydrogen-bond acceptors (Lipinski definition) is 5. The zero-order chi connectivity index (χ0) is 21.7. The van der Waals surface area contributed by atoms with E-state index >= 15 is 0 Å². The van der Waals surface area contributed by atoms with E-state index < -0.39 is 27.4 Å². The normalized spacial score (nSPS) is 13.0. The number of sulfone groups is 1. The number of alkyl halides is 3. The quantitative estimate of drug-likeness (QED) is 0.659. The maximum Gasteiger partial charge on any atom is 0.573 e. The highest BCUT2D eigenvalue weighted by atomic mass is 32.2. The first-order chi connectivity index (χ1) is 13.4. The Bertz CT molecular complexity index is 943. The van der Waals surface area contributed by atoms with Crippen molar-refractivity contribution in [3.05, 3.63) is 59.7 Å². The van der Waals surface area contributed by atoms with Gasteiger partial charge in [0.1, 0.15) is 23.4 Å². The molecule has 0 heterocycles. The third-order valence-electron chi connectivity index (χ3n) is 3.99. The minimum Gasteiger partial charge on any atom is -0.489 e. The zero-order valence-electron chi connectivity index (χ0n) is 15.5. The lowest BCUT2D eigenvalue weighted by Crippen LogP contribution is -2.35. The van der Waals surface area contributed by atoms with Gasteiger partial charge in [0.05, 0.1) is 0 Å². The Morgan fingerprint density at radius 1 is 1.07 bits per heavy atom. The molecule has 2 aromatic rings. The smallest absolute Gasteiger partial charge is 0.489 e. The summed E-state index contributed by atoms with van der Waals surface area (Å²) in [5.74, 6) is -0.738. The van der Waals surface area contributed by atoms with Gasteiger partial charge in [0.25, 0.3) is 0 Å². The van der Waals surface area contributed by atoms with Gasteiger partial charge in [0, 0.05) is 6.26 Å². The lowest BCUT2D eigenvalue weighted by Gasteiger charge is -2.12. The highest BCUT2D eigenvalue weighted by Gasteiger charge is 2.31. The first kappa shape index (κ1) is 22.5. The predicted octanol–water partition coefficient (Wildman–Crippen LogP) is 3.00. The van der Waals surface area contributed by atoms with Crippen LogP contribution in [0.25, 0.3) is 0 Å². The Morgan fingerprint density at radius 3 is 2.28 bits per heavy atom. The van der Waals surface area contributed by atoms with Crippen molar-refractivity contribution >= 4 is 15.7 Å². The van der Waals surface area contributed by atoms with Crippen LogP contribution in [-0.2, 0) is 27.7 Å². The summed E-state index contributed by atoms with van der Waals surface area (Å²) in [6, 6.07) is 12.2. The molecule has 0 saturated carbocycles.